The van der Waals surface area contributed by atoms with E-state index in [1.165, 1.54) is 0 Å². The number of carbonyl (C=O) groups excluding carboxylic acids is 1. The summed E-state index contributed by atoms with van der Waals surface area (Å²) in [4.78, 5) is 12.6. The molecule has 1 N–H and O–H groups in total. The number of aryl methyl sites for hydroxylation is 1. The molecule has 18 heavy (non-hydrogen) atoms. The van der Waals surface area contributed by atoms with E-state index < -0.39 is 0 Å². The number of carbonyl (C=O) groups is 1. The summed E-state index contributed by atoms with van der Waals surface area (Å²) in [5.74, 6) is -0.113. The average molecular weight is 326 g/mol. The molecule has 0 aliphatic heterocycles. The Morgan fingerprint density at radius 3 is 2.94 bits per heavy atom. The van der Waals surface area contributed by atoms with Crippen LogP contribution in [0.2, 0.25) is 0 Å². The fourth-order valence-corrected chi connectivity index (χ4v) is 2.60. The Morgan fingerprint density at radius 1 is 1.44 bits per heavy atom. The summed E-state index contributed by atoms with van der Waals surface area (Å²) in [5.41, 5.74) is 1.80. The molecule has 0 aliphatic carbocycles. The Balaban J connectivity index is 2.03. The van der Waals surface area contributed by atoms with E-state index in [4.69, 9.17) is 0 Å². The van der Waals surface area contributed by atoms with Crippen LogP contribution in [0.25, 0.3) is 0 Å². The van der Waals surface area contributed by atoms with Gasteiger partial charge in [0, 0.05) is 11.0 Å². The Labute approximate surface area is 118 Å². The standard InChI is InChI=1S/C12H12BrN3OS/c1-2-10-11(18-16-15-10)12(17)14-7-8-5-3-4-6-9(8)13/h3-6H,2,7H2,1H3,(H,14,17). The molecule has 2 aromatic rings. The van der Waals surface area contributed by atoms with Gasteiger partial charge in [-0.25, -0.2) is 0 Å². The molecule has 6 heteroatoms. The number of aromatic nitrogens is 2. The predicted octanol–water partition coefficient (Wildman–Crippen LogP) is 2.79. The molecular weight excluding hydrogens is 314 g/mol. The van der Waals surface area contributed by atoms with E-state index in [9.17, 15) is 4.79 Å². The molecule has 1 aromatic heterocycles. The largest absolute Gasteiger partial charge is 0.347 e. The fraction of sp³-hybridized carbons (Fsp3) is 0.250. The van der Waals surface area contributed by atoms with Crippen LogP contribution < -0.4 is 5.32 Å². The summed E-state index contributed by atoms with van der Waals surface area (Å²) in [5, 5.41) is 6.81. The van der Waals surface area contributed by atoms with Crippen molar-refractivity contribution in [1.29, 1.82) is 0 Å². The van der Waals surface area contributed by atoms with Crippen molar-refractivity contribution in [3.63, 3.8) is 0 Å². The second-order valence-electron chi connectivity index (χ2n) is 3.68. The molecule has 2 rings (SSSR count). The first-order chi connectivity index (χ1) is 8.72. The highest BCUT2D eigenvalue weighted by atomic mass is 79.9. The maximum atomic E-state index is 12.0. The summed E-state index contributed by atoms with van der Waals surface area (Å²) in [6.45, 7) is 2.45. The molecule has 0 saturated heterocycles. The highest BCUT2D eigenvalue weighted by Gasteiger charge is 2.14. The summed E-state index contributed by atoms with van der Waals surface area (Å²) in [6, 6.07) is 7.80. The topological polar surface area (TPSA) is 54.9 Å². The second-order valence-corrected chi connectivity index (χ2v) is 5.28. The van der Waals surface area contributed by atoms with Gasteiger partial charge in [-0.3, -0.25) is 4.79 Å². The molecule has 1 amide bonds. The molecule has 0 atom stereocenters. The molecule has 1 heterocycles. The number of nitrogens with one attached hydrogen (secondary N) is 1. The zero-order valence-corrected chi connectivity index (χ0v) is 12.2. The molecule has 4 nitrogen and oxygen atoms in total. The number of nitrogens with zero attached hydrogens (tertiary/aromatic N) is 2. The van der Waals surface area contributed by atoms with Crippen LogP contribution in [0.3, 0.4) is 0 Å². The van der Waals surface area contributed by atoms with Gasteiger partial charge < -0.3 is 5.32 Å². The molecule has 1 aromatic carbocycles. The van der Waals surface area contributed by atoms with Crippen molar-refractivity contribution in [2.24, 2.45) is 0 Å². The molecule has 0 saturated carbocycles. The normalized spacial score (nSPS) is 10.3. The first-order valence-electron chi connectivity index (χ1n) is 5.55. The summed E-state index contributed by atoms with van der Waals surface area (Å²) >= 11 is 4.59. The quantitative estimate of drug-likeness (QED) is 0.940. The van der Waals surface area contributed by atoms with Gasteiger partial charge in [0.25, 0.3) is 5.91 Å². The first-order valence-corrected chi connectivity index (χ1v) is 7.11. The minimum absolute atomic E-state index is 0.113. The maximum absolute atomic E-state index is 12.0. The number of benzene rings is 1. The van der Waals surface area contributed by atoms with Crippen molar-refractivity contribution in [2.75, 3.05) is 0 Å². The van der Waals surface area contributed by atoms with Crippen molar-refractivity contribution in [2.45, 2.75) is 19.9 Å². The summed E-state index contributed by atoms with van der Waals surface area (Å²) in [6.07, 6.45) is 0.717. The van der Waals surface area contributed by atoms with E-state index in [1.807, 2.05) is 31.2 Å². The zero-order chi connectivity index (χ0) is 13.0. The van der Waals surface area contributed by atoms with Crippen LogP contribution in [0.4, 0.5) is 0 Å². The minimum atomic E-state index is -0.113. The van der Waals surface area contributed by atoms with Crippen molar-refractivity contribution in [3.8, 4) is 0 Å². The van der Waals surface area contributed by atoms with E-state index in [-0.39, 0.29) is 5.91 Å². The van der Waals surface area contributed by atoms with Crippen LogP contribution in [0.5, 0.6) is 0 Å². The summed E-state index contributed by atoms with van der Waals surface area (Å²) in [7, 11) is 0. The Hall–Kier alpha value is -1.27. The van der Waals surface area contributed by atoms with Gasteiger partial charge in [0.15, 0.2) is 0 Å². The Bertz CT molecular complexity index is 556. The van der Waals surface area contributed by atoms with Gasteiger partial charge in [-0.2, -0.15) is 0 Å². The molecule has 94 valence electrons. The maximum Gasteiger partial charge on any atom is 0.265 e. The third-order valence-electron chi connectivity index (χ3n) is 2.49. The van der Waals surface area contributed by atoms with Gasteiger partial charge in [-0.1, -0.05) is 45.5 Å². The van der Waals surface area contributed by atoms with E-state index in [1.54, 1.807) is 0 Å². The molecule has 0 radical (unpaired) electrons. The second kappa shape index (κ2) is 6.06. The summed E-state index contributed by atoms with van der Waals surface area (Å²) < 4.78 is 4.80. The highest BCUT2D eigenvalue weighted by Crippen LogP contribution is 2.16. The monoisotopic (exact) mass is 325 g/mol. The van der Waals surface area contributed by atoms with Gasteiger partial charge in [0.1, 0.15) is 4.88 Å². The third-order valence-corrected chi connectivity index (χ3v) is 4.03. The van der Waals surface area contributed by atoms with Gasteiger partial charge in [-0.15, -0.1) is 5.10 Å². The molecular formula is C12H12BrN3OS. The minimum Gasteiger partial charge on any atom is -0.347 e. The van der Waals surface area contributed by atoms with Crippen molar-refractivity contribution in [1.82, 2.24) is 14.9 Å². The van der Waals surface area contributed by atoms with Crippen LogP contribution in [-0.4, -0.2) is 15.5 Å². The lowest BCUT2D eigenvalue weighted by Crippen LogP contribution is -2.23. The van der Waals surface area contributed by atoms with Gasteiger partial charge in [0.05, 0.1) is 5.69 Å². The van der Waals surface area contributed by atoms with Crippen LogP contribution in [0.1, 0.15) is 27.9 Å². The molecule has 0 spiro atoms. The van der Waals surface area contributed by atoms with Crippen molar-refractivity contribution >= 4 is 33.4 Å². The Morgan fingerprint density at radius 2 is 2.22 bits per heavy atom. The lowest BCUT2D eigenvalue weighted by Gasteiger charge is -2.06. The van der Waals surface area contributed by atoms with Crippen LogP contribution in [0.15, 0.2) is 28.7 Å². The predicted molar refractivity (Wildman–Crippen MR) is 74.6 cm³/mol. The van der Waals surface area contributed by atoms with Crippen LogP contribution >= 0.6 is 27.5 Å². The lowest BCUT2D eigenvalue weighted by atomic mass is 10.2. The number of hydrogen-bond acceptors (Lipinski definition) is 4. The van der Waals surface area contributed by atoms with Crippen molar-refractivity contribution in [3.05, 3.63) is 44.9 Å². The zero-order valence-electron chi connectivity index (χ0n) is 9.81. The molecule has 0 bridgehead atoms. The first kappa shape index (κ1) is 13.2. The smallest absolute Gasteiger partial charge is 0.265 e. The van der Waals surface area contributed by atoms with E-state index in [0.29, 0.717) is 17.8 Å². The van der Waals surface area contributed by atoms with Gasteiger partial charge in [0.2, 0.25) is 0 Å². The van der Waals surface area contributed by atoms with Gasteiger partial charge in [-0.05, 0) is 29.6 Å². The molecule has 0 aliphatic rings. The number of rotatable bonds is 4. The number of halogens is 1. The molecule has 0 unspecified atom stereocenters. The van der Waals surface area contributed by atoms with Crippen molar-refractivity contribution < 1.29 is 4.79 Å². The van der Waals surface area contributed by atoms with E-state index in [2.05, 4.69) is 30.8 Å². The van der Waals surface area contributed by atoms with E-state index in [0.717, 1.165) is 27.3 Å². The fourth-order valence-electron chi connectivity index (χ4n) is 1.51. The molecule has 0 fully saturated rings. The lowest BCUT2D eigenvalue weighted by molar-refractivity contribution is 0.0954. The number of amides is 1. The van der Waals surface area contributed by atoms with Crippen LogP contribution in [-0.2, 0) is 13.0 Å². The SMILES string of the molecule is CCc1nnsc1C(=O)NCc1ccccc1Br. The van der Waals surface area contributed by atoms with Gasteiger partial charge >= 0.3 is 0 Å². The van der Waals surface area contributed by atoms with Crippen LogP contribution in [0, 0.1) is 0 Å². The highest BCUT2D eigenvalue weighted by molar-refractivity contribution is 9.10. The van der Waals surface area contributed by atoms with E-state index >= 15 is 0 Å². The Kier molecular flexibility index (Phi) is 4.43. The third kappa shape index (κ3) is 2.94. The average Bonchev–Trinajstić information content (AvgIpc) is 2.86. The number of hydrogen-bond donors (Lipinski definition) is 1.